The lowest BCUT2D eigenvalue weighted by molar-refractivity contribution is -0.141. The van der Waals surface area contributed by atoms with Gasteiger partial charge in [0, 0.05) is 11.9 Å². The fraction of sp³-hybridized carbons (Fsp3) is 0.400. The van der Waals surface area contributed by atoms with E-state index in [0.29, 0.717) is 11.5 Å². The number of nitrogens with zero attached hydrogens (tertiary/aromatic N) is 3. The summed E-state index contributed by atoms with van der Waals surface area (Å²) in [4.78, 5) is 16.1. The SMILES string of the molecule is Cc1ccnc(NC(=O)[C@@H](C)Cn2nc(C(F)(F)F)cc2C)c1. The van der Waals surface area contributed by atoms with Gasteiger partial charge in [0.15, 0.2) is 5.69 Å². The van der Waals surface area contributed by atoms with Crippen LogP contribution >= 0.6 is 0 Å². The molecule has 0 saturated carbocycles. The van der Waals surface area contributed by atoms with Crippen LogP contribution in [0.3, 0.4) is 0 Å². The molecule has 2 aromatic rings. The predicted octanol–water partition coefficient (Wildman–Crippen LogP) is 3.19. The second-order valence-corrected chi connectivity index (χ2v) is 5.46. The summed E-state index contributed by atoms with van der Waals surface area (Å²) in [7, 11) is 0. The van der Waals surface area contributed by atoms with Gasteiger partial charge in [-0.15, -0.1) is 0 Å². The molecule has 0 fully saturated rings. The third-order valence-corrected chi connectivity index (χ3v) is 3.33. The Bertz CT molecular complexity index is 709. The first kappa shape index (κ1) is 17.0. The molecule has 1 amide bonds. The van der Waals surface area contributed by atoms with Crippen molar-refractivity contribution < 1.29 is 18.0 Å². The summed E-state index contributed by atoms with van der Waals surface area (Å²) < 4.78 is 39.1. The number of carbonyl (C=O) groups is 1. The summed E-state index contributed by atoms with van der Waals surface area (Å²) in [5.74, 6) is -0.474. The molecule has 8 heteroatoms. The van der Waals surface area contributed by atoms with Crippen molar-refractivity contribution in [3.63, 3.8) is 0 Å². The average molecular weight is 326 g/mol. The first-order chi connectivity index (χ1) is 10.7. The summed E-state index contributed by atoms with van der Waals surface area (Å²) in [6.45, 7) is 5.07. The van der Waals surface area contributed by atoms with Crippen LogP contribution < -0.4 is 5.32 Å². The molecule has 0 aliphatic rings. The second-order valence-electron chi connectivity index (χ2n) is 5.46. The van der Waals surface area contributed by atoms with Crippen LogP contribution in [0.4, 0.5) is 19.0 Å². The van der Waals surface area contributed by atoms with Crippen LogP contribution in [0, 0.1) is 19.8 Å². The molecule has 0 aliphatic carbocycles. The van der Waals surface area contributed by atoms with Gasteiger partial charge in [-0.05, 0) is 37.6 Å². The Balaban J connectivity index is 2.05. The first-order valence-corrected chi connectivity index (χ1v) is 7.02. The Morgan fingerprint density at radius 2 is 2.04 bits per heavy atom. The minimum Gasteiger partial charge on any atom is -0.310 e. The third kappa shape index (κ3) is 4.30. The number of hydrogen-bond acceptors (Lipinski definition) is 3. The highest BCUT2D eigenvalue weighted by Crippen LogP contribution is 2.28. The van der Waals surface area contributed by atoms with Gasteiger partial charge in [0.05, 0.1) is 12.5 Å². The molecular weight excluding hydrogens is 309 g/mol. The molecule has 2 aromatic heterocycles. The molecule has 0 aromatic carbocycles. The highest BCUT2D eigenvalue weighted by atomic mass is 19.4. The molecule has 0 radical (unpaired) electrons. The van der Waals surface area contributed by atoms with Crippen LogP contribution in [0.25, 0.3) is 0 Å². The maximum Gasteiger partial charge on any atom is 0.435 e. The van der Waals surface area contributed by atoms with Crippen LogP contribution in [-0.2, 0) is 17.5 Å². The van der Waals surface area contributed by atoms with E-state index in [0.717, 1.165) is 11.6 Å². The lowest BCUT2D eigenvalue weighted by Gasteiger charge is -2.13. The van der Waals surface area contributed by atoms with Crippen molar-refractivity contribution in [2.75, 3.05) is 5.32 Å². The minimum atomic E-state index is -4.49. The molecule has 0 saturated heterocycles. The number of halogens is 3. The fourth-order valence-corrected chi connectivity index (χ4v) is 2.03. The topological polar surface area (TPSA) is 59.8 Å². The lowest BCUT2D eigenvalue weighted by atomic mass is 10.1. The highest BCUT2D eigenvalue weighted by molar-refractivity contribution is 5.91. The van der Waals surface area contributed by atoms with E-state index >= 15 is 0 Å². The quantitative estimate of drug-likeness (QED) is 0.939. The normalized spacial score (nSPS) is 13.0. The highest BCUT2D eigenvalue weighted by Gasteiger charge is 2.34. The van der Waals surface area contributed by atoms with E-state index < -0.39 is 17.8 Å². The van der Waals surface area contributed by atoms with Crippen LogP contribution in [-0.4, -0.2) is 20.7 Å². The third-order valence-electron chi connectivity index (χ3n) is 3.33. The molecule has 2 rings (SSSR count). The standard InChI is InChI=1S/C15H17F3N4O/c1-9-4-5-19-13(6-9)20-14(23)10(2)8-22-11(3)7-12(21-22)15(16,17)18/h4-7,10H,8H2,1-3H3,(H,19,20,23)/t10-/m0/s1. The van der Waals surface area contributed by atoms with Crippen molar-refractivity contribution in [3.05, 3.63) is 41.3 Å². The van der Waals surface area contributed by atoms with Gasteiger partial charge in [-0.25, -0.2) is 4.98 Å². The van der Waals surface area contributed by atoms with Gasteiger partial charge in [-0.2, -0.15) is 18.3 Å². The van der Waals surface area contributed by atoms with E-state index in [1.54, 1.807) is 25.3 Å². The van der Waals surface area contributed by atoms with Crippen molar-refractivity contribution in [1.82, 2.24) is 14.8 Å². The Labute approximate surface area is 131 Å². The number of carbonyl (C=O) groups excluding carboxylic acids is 1. The van der Waals surface area contributed by atoms with E-state index in [-0.39, 0.29) is 12.5 Å². The van der Waals surface area contributed by atoms with Gasteiger partial charge in [0.1, 0.15) is 5.82 Å². The monoisotopic (exact) mass is 326 g/mol. The van der Waals surface area contributed by atoms with Crippen molar-refractivity contribution >= 4 is 11.7 Å². The molecule has 124 valence electrons. The molecule has 1 atom stereocenters. The van der Waals surface area contributed by atoms with Crippen LogP contribution in [0.2, 0.25) is 0 Å². The molecule has 2 heterocycles. The van der Waals surface area contributed by atoms with Crippen LogP contribution in [0.1, 0.15) is 23.9 Å². The summed E-state index contributed by atoms with van der Waals surface area (Å²) in [6, 6.07) is 4.48. The molecule has 0 bridgehead atoms. The Morgan fingerprint density at radius 3 is 2.61 bits per heavy atom. The number of rotatable bonds is 4. The van der Waals surface area contributed by atoms with Crippen molar-refractivity contribution in [2.24, 2.45) is 5.92 Å². The van der Waals surface area contributed by atoms with Crippen molar-refractivity contribution in [2.45, 2.75) is 33.5 Å². The fourth-order valence-electron chi connectivity index (χ4n) is 2.03. The maximum atomic E-state index is 12.6. The summed E-state index contributed by atoms with van der Waals surface area (Å²) in [5.41, 5.74) is 0.342. The molecule has 0 spiro atoms. The number of alkyl halides is 3. The van der Waals surface area contributed by atoms with E-state index in [1.165, 1.54) is 11.6 Å². The van der Waals surface area contributed by atoms with Crippen LogP contribution in [0.15, 0.2) is 24.4 Å². The molecule has 1 N–H and O–H groups in total. The van der Waals surface area contributed by atoms with E-state index in [2.05, 4.69) is 15.4 Å². The van der Waals surface area contributed by atoms with Crippen molar-refractivity contribution in [1.29, 1.82) is 0 Å². The Hall–Kier alpha value is -2.38. The number of aryl methyl sites for hydroxylation is 2. The summed E-state index contributed by atoms with van der Waals surface area (Å²) in [6.07, 6.45) is -2.92. The first-order valence-electron chi connectivity index (χ1n) is 7.02. The van der Waals surface area contributed by atoms with Gasteiger partial charge < -0.3 is 5.32 Å². The largest absolute Gasteiger partial charge is 0.435 e. The average Bonchev–Trinajstić information content (AvgIpc) is 2.80. The number of nitrogens with one attached hydrogen (secondary N) is 1. The maximum absolute atomic E-state index is 12.6. The van der Waals surface area contributed by atoms with Gasteiger partial charge in [0.2, 0.25) is 5.91 Å². The summed E-state index contributed by atoms with van der Waals surface area (Å²) in [5, 5.41) is 6.17. The Kier molecular flexibility index (Phi) is 4.72. The number of aromatic nitrogens is 3. The zero-order valence-corrected chi connectivity index (χ0v) is 13.0. The predicted molar refractivity (Wildman–Crippen MR) is 78.7 cm³/mol. The second kappa shape index (κ2) is 6.39. The van der Waals surface area contributed by atoms with Gasteiger partial charge in [0.25, 0.3) is 0 Å². The molecule has 0 unspecified atom stereocenters. The molecule has 5 nitrogen and oxygen atoms in total. The smallest absolute Gasteiger partial charge is 0.310 e. The van der Waals surface area contributed by atoms with E-state index in [1.807, 2.05) is 6.92 Å². The number of pyridine rings is 1. The van der Waals surface area contributed by atoms with Gasteiger partial charge in [-0.3, -0.25) is 9.48 Å². The molecule has 23 heavy (non-hydrogen) atoms. The van der Waals surface area contributed by atoms with Gasteiger partial charge >= 0.3 is 6.18 Å². The number of amides is 1. The van der Waals surface area contributed by atoms with E-state index in [4.69, 9.17) is 0 Å². The number of hydrogen-bond donors (Lipinski definition) is 1. The Morgan fingerprint density at radius 1 is 1.35 bits per heavy atom. The van der Waals surface area contributed by atoms with Crippen molar-refractivity contribution in [3.8, 4) is 0 Å². The zero-order chi connectivity index (χ0) is 17.2. The van der Waals surface area contributed by atoms with E-state index in [9.17, 15) is 18.0 Å². The number of anilines is 1. The molecular formula is C15H17F3N4O. The lowest BCUT2D eigenvalue weighted by Crippen LogP contribution is -2.25. The minimum absolute atomic E-state index is 0.0551. The molecule has 0 aliphatic heterocycles. The van der Waals surface area contributed by atoms with Gasteiger partial charge in [-0.1, -0.05) is 6.92 Å². The van der Waals surface area contributed by atoms with Crippen LogP contribution in [0.5, 0.6) is 0 Å². The summed E-state index contributed by atoms with van der Waals surface area (Å²) >= 11 is 0. The zero-order valence-electron chi connectivity index (χ0n) is 13.0.